The van der Waals surface area contributed by atoms with Gasteiger partial charge < -0.3 is 14.6 Å². The van der Waals surface area contributed by atoms with E-state index in [0.29, 0.717) is 29.6 Å². The molecule has 0 aliphatic rings. The molecule has 0 spiro atoms. The summed E-state index contributed by atoms with van der Waals surface area (Å²) in [6.07, 6.45) is 27.3. The van der Waals surface area contributed by atoms with Gasteiger partial charge in [-0.2, -0.15) is 0 Å². The lowest BCUT2D eigenvalue weighted by molar-refractivity contribution is -0.145. The molecule has 0 aromatic heterocycles. The van der Waals surface area contributed by atoms with Crippen molar-refractivity contribution < 1.29 is 29.0 Å². The third-order valence-corrected chi connectivity index (χ3v) is 6.81. The SMILES string of the molecule is CC/C=C\C/C=C\C/C=C\CCCCCCCC(=O)OCc1cc(OC)c(C/C=C(\C)CC(=O)C=C(C)C)c(O)c1C=O. The number of unbranched alkanes of at least 4 members (excludes halogenated alkanes) is 5. The largest absolute Gasteiger partial charge is 0.507 e. The van der Waals surface area contributed by atoms with Gasteiger partial charge in [0.2, 0.25) is 0 Å². The van der Waals surface area contributed by atoms with Crippen LogP contribution in [0.15, 0.2) is 65.8 Å². The predicted molar refractivity (Wildman–Crippen MR) is 176 cm³/mol. The zero-order valence-corrected chi connectivity index (χ0v) is 27.0. The van der Waals surface area contributed by atoms with Gasteiger partial charge in [-0.25, -0.2) is 0 Å². The van der Waals surface area contributed by atoms with Crippen LogP contribution in [0.3, 0.4) is 0 Å². The average Bonchev–Trinajstić information content (AvgIpc) is 2.96. The molecule has 1 aromatic carbocycles. The van der Waals surface area contributed by atoms with Gasteiger partial charge in [-0.3, -0.25) is 14.4 Å². The van der Waals surface area contributed by atoms with Crippen molar-refractivity contribution in [3.05, 3.63) is 82.5 Å². The molecule has 1 rings (SSSR count). The minimum Gasteiger partial charge on any atom is -0.507 e. The van der Waals surface area contributed by atoms with Gasteiger partial charge in [-0.15, -0.1) is 0 Å². The Balaban J connectivity index is 2.48. The van der Waals surface area contributed by atoms with Crippen molar-refractivity contribution in [1.82, 2.24) is 0 Å². The molecule has 43 heavy (non-hydrogen) atoms. The molecule has 0 amide bonds. The Morgan fingerprint density at radius 3 is 2.21 bits per heavy atom. The van der Waals surface area contributed by atoms with E-state index in [1.165, 1.54) is 7.11 Å². The van der Waals surface area contributed by atoms with Gasteiger partial charge in [0.15, 0.2) is 12.1 Å². The van der Waals surface area contributed by atoms with Gasteiger partial charge in [-0.1, -0.05) is 79.9 Å². The average molecular weight is 593 g/mol. The molecule has 0 radical (unpaired) electrons. The fraction of sp³-hybridized carbons (Fsp3) is 0.486. The highest BCUT2D eigenvalue weighted by Gasteiger charge is 2.19. The molecule has 0 saturated heterocycles. The summed E-state index contributed by atoms with van der Waals surface area (Å²) in [4.78, 5) is 36.2. The number of hydrogen-bond acceptors (Lipinski definition) is 6. The highest BCUT2D eigenvalue weighted by molar-refractivity contribution is 5.91. The highest BCUT2D eigenvalue weighted by atomic mass is 16.5. The molecule has 236 valence electrons. The van der Waals surface area contributed by atoms with Crippen molar-refractivity contribution in [1.29, 1.82) is 0 Å². The Morgan fingerprint density at radius 1 is 0.907 bits per heavy atom. The number of carbonyl (C=O) groups excluding carboxylic acids is 3. The number of allylic oxidation sites excluding steroid dienone is 10. The van der Waals surface area contributed by atoms with E-state index in [2.05, 4.69) is 43.4 Å². The van der Waals surface area contributed by atoms with E-state index >= 15 is 0 Å². The van der Waals surface area contributed by atoms with Gasteiger partial charge in [0.05, 0.1) is 12.7 Å². The summed E-state index contributed by atoms with van der Waals surface area (Å²) in [7, 11) is 1.48. The maximum Gasteiger partial charge on any atom is 0.306 e. The number of aromatic hydroxyl groups is 1. The first-order valence-electron chi connectivity index (χ1n) is 15.5. The van der Waals surface area contributed by atoms with Crippen molar-refractivity contribution in [3.8, 4) is 11.5 Å². The third-order valence-electron chi connectivity index (χ3n) is 6.81. The maximum absolute atomic E-state index is 12.3. The number of ketones is 1. The summed E-state index contributed by atoms with van der Waals surface area (Å²) in [5.41, 5.74) is 2.69. The third kappa shape index (κ3) is 16.5. The van der Waals surface area contributed by atoms with E-state index < -0.39 is 0 Å². The van der Waals surface area contributed by atoms with Crippen molar-refractivity contribution in [2.24, 2.45) is 0 Å². The number of rotatable bonds is 22. The number of aldehydes is 1. The van der Waals surface area contributed by atoms with E-state index in [4.69, 9.17) is 9.47 Å². The summed E-state index contributed by atoms with van der Waals surface area (Å²) >= 11 is 0. The minimum atomic E-state index is -0.333. The molecule has 0 saturated carbocycles. The molecular formula is C37H52O6. The van der Waals surface area contributed by atoms with Crippen LogP contribution in [0.1, 0.15) is 120 Å². The molecule has 0 aliphatic carbocycles. The Bertz CT molecular complexity index is 1160. The quantitative estimate of drug-likeness (QED) is 0.0474. The molecule has 0 unspecified atom stereocenters. The van der Waals surface area contributed by atoms with Crippen LogP contribution in [0.2, 0.25) is 0 Å². The number of phenolic OH excluding ortho intramolecular Hbond substituents is 1. The smallest absolute Gasteiger partial charge is 0.306 e. The van der Waals surface area contributed by atoms with E-state index in [9.17, 15) is 19.5 Å². The normalized spacial score (nSPS) is 11.9. The maximum atomic E-state index is 12.3. The zero-order chi connectivity index (χ0) is 31.9. The second-order valence-electron chi connectivity index (χ2n) is 11.0. The molecule has 0 heterocycles. The van der Waals surface area contributed by atoms with Crippen LogP contribution >= 0.6 is 0 Å². The molecule has 6 nitrogen and oxygen atoms in total. The first-order valence-corrected chi connectivity index (χ1v) is 15.5. The second-order valence-corrected chi connectivity index (χ2v) is 11.0. The molecule has 0 atom stereocenters. The molecule has 6 heteroatoms. The molecule has 1 aromatic rings. The van der Waals surface area contributed by atoms with Crippen LogP contribution in [0.25, 0.3) is 0 Å². The molecule has 0 fully saturated rings. The summed E-state index contributed by atoms with van der Waals surface area (Å²) < 4.78 is 10.9. The standard InChI is InChI=1S/C37H52O6/c1-6-7-8-9-10-11-12-13-14-15-16-17-18-19-20-21-36(40)43-28-31-26-35(42-5)33(37(41)34(31)27-38)23-22-30(4)25-32(39)24-29(2)3/h7-8,10-11,13-14,22,24,26-27,41H,6,9,12,15-21,23,25,28H2,1-5H3/b8-7-,11-10-,14-13-,30-22+. The molecule has 0 bridgehead atoms. The lowest BCUT2D eigenvalue weighted by Crippen LogP contribution is -2.07. The second kappa shape index (κ2) is 22.9. The first-order chi connectivity index (χ1) is 20.7. The highest BCUT2D eigenvalue weighted by Crippen LogP contribution is 2.35. The van der Waals surface area contributed by atoms with Crippen LogP contribution in [0.4, 0.5) is 0 Å². The number of hydrogen-bond donors (Lipinski definition) is 1. The van der Waals surface area contributed by atoms with Crippen molar-refractivity contribution in [3.63, 3.8) is 0 Å². The molecular weight excluding hydrogens is 540 g/mol. The first kappa shape index (κ1) is 37.4. The number of ether oxygens (including phenoxy) is 2. The molecule has 0 aliphatic heterocycles. The van der Waals surface area contributed by atoms with E-state index in [-0.39, 0.29) is 42.5 Å². The Hall–Kier alpha value is -3.67. The van der Waals surface area contributed by atoms with Crippen molar-refractivity contribution in [2.75, 3.05) is 7.11 Å². The van der Waals surface area contributed by atoms with Crippen LogP contribution in [-0.4, -0.2) is 30.3 Å². The summed E-state index contributed by atoms with van der Waals surface area (Å²) in [5.74, 6) is -0.139. The topological polar surface area (TPSA) is 89.9 Å². The van der Waals surface area contributed by atoms with Crippen LogP contribution in [0.5, 0.6) is 11.5 Å². The lowest BCUT2D eigenvalue weighted by atomic mass is 9.98. The van der Waals surface area contributed by atoms with Crippen LogP contribution < -0.4 is 4.74 Å². The Labute approximate surface area is 259 Å². The van der Waals surface area contributed by atoms with Crippen LogP contribution in [-0.2, 0) is 27.4 Å². The zero-order valence-electron chi connectivity index (χ0n) is 27.0. The summed E-state index contributed by atoms with van der Waals surface area (Å²) in [5, 5.41) is 10.8. The van der Waals surface area contributed by atoms with Crippen LogP contribution in [0, 0.1) is 0 Å². The fourth-order valence-corrected chi connectivity index (χ4v) is 4.50. The van der Waals surface area contributed by atoms with Crippen molar-refractivity contribution in [2.45, 2.75) is 111 Å². The van der Waals surface area contributed by atoms with E-state index in [0.717, 1.165) is 68.9 Å². The van der Waals surface area contributed by atoms with Gasteiger partial charge in [0.25, 0.3) is 0 Å². The number of methoxy groups -OCH3 is 1. The summed E-state index contributed by atoms with van der Waals surface area (Å²) in [6, 6.07) is 1.62. The number of phenols is 1. The van der Waals surface area contributed by atoms with Gasteiger partial charge in [0.1, 0.15) is 18.1 Å². The van der Waals surface area contributed by atoms with E-state index in [1.54, 1.807) is 12.1 Å². The lowest BCUT2D eigenvalue weighted by Gasteiger charge is -2.15. The predicted octanol–water partition coefficient (Wildman–Crippen LogP) is 9.26. The monoisotopic (exact) mass is 592 g/mol. The Morgan fingerprint density at radius 2 is 1.56 bits per heavy atom. The van der Waals surface area contributed by atoms with Gasteiger partial charge in [-0.05, 0) is 77.9 Å². The van der Waals surface area contributed by atoms with Gasteiger partial charge in [0, 0.05) is 24.0 Å². The van der Waals surface area contributed by atoms with Crippen molar-refractivity contribution >= 4 is 18.0 Å². The number of esters is 1. The molecule has 1 N–H and O–H groups in total. The fourth-order valence-electron chi connectivity index (χ4n) is 4.50. The van der Waals surface area contributed by atoms with E-state index in [1.807, 2.05) is 26.8 Å². The summed E-state index contributed by atoms with van der Waals surface area (Å²) in [6.45, 7) is 7.60. The number of benzene rings is 1. The number of carbonyl (C=O) groups is 3. The Kier molecular flexibility index (Phi) is 19.9. The minimum absolute atomic E-state index is 0.00829. The van der Waals surface area contributed by atoms with Gasteiger partial charge >= 0.3 is 5.97 Å².